The van der Waals surface area contributed by atoms with Crippen molar-refractivity contribution in [1.29, 1.82) is 5.26 Å². The minimum Gasteiger partial charge on any atom is -0.350 e. The SMILES string of the molecule is N#Cc1cccc(CNC(=O)[C@@H]2CCCN2C(=O)Nc2ccccc2)c1. The van der Waals surface area contributed by atoms with E-state index in [9.17, 15) is 9.59 Å². The molecule has 2 aromatic carbocycles. The van der Waals surface area contributed by atoms with E-state index in [1.807, 2.05) is 36.4 Å². The number of para-hydroxylation sites is 1. The zero-order valence-corrected chi connectivity index (χ0v) is 14.3. The summed E-state index contributed by atoms with van der Waals surface area (Å²) in [5.41, 5.74) is 2.12. The highest BCUT2D eigenvalue weighted by atomic mass is 16.2. The van der Waals surface area contributed by atoms with Crippen molar-refractivity contribution in [3.05, 3.63) is 65.7 Å². The highest BCUT2D eigenvalue weighted by molar-refractivity contribution is 5.94. The van der Waals surface area contributed by atoms with Crippen molar-refractivity contribution in [2.24, 2.45) is 0 Å². The second-order valence-corrected chi connectivity index (χ2v) is 6.18. The first-order chi connectivity index (χ1) is 12.7. The number of carbonyl (C=O) groups is 2. The minimum atomic E-state index is -0.474. The third kappa shape index (κ3) is 4.19. The fourth-order valence-corrected chi connectivity index (χ4v) is 3.06. The molecule has 6 nitrogen and oxygen atoms in total. The zero-order chi connectivity index (χ0) is 18.4. The van der Waals surface area contributed by atoms with Gasteiger partial charge in [-0.1, -0.05) is 30.3 Å². The summed E-state index contributed by atoms with van der Waals surface area (Å²) >= 11 is 0. The molecule has 0 unspecified atom stereocenters. The number of nitriles is 1. The van der Waals surface area contributed by atoms with Gasteiger partial charge in [-0.15, -0.1) is 0 Å². The van der Waals surface area contributed by atoms with Crippen molar-refractivity contribution in [2.45, 2.75) is 25.4 Å². The fraction of sp³-hybridized carbons (Fsp3) is 0.250. The summed E-state index contributed by atoms with van der Waals surface area (Å²) in [4.78, 5) is 26.6. The van der Waals surface area contributed by atoms with Gasteiger partial charge < -0.3 is 15.5 Å². The van der Waals surface area contributed by atoms with Gasteiger partial charge in [0.25, 0.3) is 0 Å². The van der Waals surface area contributed by atoms with Crippen LogP contribution in [0.1, 0.15) is 24.0 Å². The van der Waals surface area contributed by atoms with Crippen molar-refractivity contribution in [3.8, 4) is 6.07 Å². The molecule has 1 fully saturated rings. The molecule has 0 aromatic heterocycles. The molecule has 0 aliphatic carbocycles. The number of hydrogen-bond donors (Lipinski definition) is 2. The normalized spacial score (nSPS) is 16.0. The monoisotopic (exact) mass is 348 g/mol. The van der Waals surface area contributed by atoms with Crippen LogP contribution in [0.15, 0.2) is 54.6 Å². The van der Waals surface area contributed by atoms with Crippen LogP contribution in [0, 0.1) is 11.3 Å². The standard InChI is InChI=1S/C20H20N4O2/c21-13-15-6-4-7-16(12-15)14-22-19(25)18-10-5-11-24(18)20(26)23-17-8-2-1-3-9-17/h1-4,6-9,12,18H,5,10-11,14H2,(H,22,25)(H,23,26)/t18-/m0/s1. The average Bonchev–Trinajstić information content (AvgIpc) is 3.17. The molecule has 6 heteroatoms. The Morgan fingerprint density at radius 2 is 1.96 bits per heavy atom. The van der Waals surface area contributed by atoms with Crippen LogP contribution in [-0.2, 0) is 11.3 Å². The number of carbonyl (C=O) groups excluding carboxylic acids is 2. The van der Waals surface area contributed by atoms with Gasteiger partial charge in [0, 0.05) is 18.8 Å². The number of anilines is 1. The number of urea groups is 1. The van der Waals surface area contributed by atoms with Gasteiger partial charge in [-0.05, 0) is 42.7 Å². The van der Waals surface area contributed by atoms with Gasteiger partial charge in [0.15, 0.2) is 0 Å². The van der Waals surface area contributed by atoms with Crippen LogP contribution in [0.3, 0.4) is 0 Å². The smallest absolute Gasteiger partial charge is 0.322 e. The molecule has 0 bridgehead atoms. The molecule has 26 heavy (non-hydrogen) atoms. The summed E-state index contributed by atoms with van der Waals surface area (Å²) in [5.74, 6) is -0.173. The molecule has 1 aliphatic rings. The van der Waals surface area contributed by atoms with Gasteiger partial charge in [0.1, 0.15) is 6.04 Å². The molecular weight excluding hydrogens is 328 g/mol. The van der Waals surface area contributed by atoms with E-state index in [0.717, 1.165) is 12.0 Å². The topological polar surface area (TPSA) is 85.2 Å². The summed E-state index contributed by atoms with van der Waals surface area (Å²) in [6, 6.07) is 17.6. The number of hydrogen-bond acceptors (Lipinski definition) is 3. The maximum atomic E-state index is 12.5. The predicted molar refractivity (Wildman–Crippen MR) is 98.2 cm³/mol. The Bertz CT molecular complexity index is 829. The van der Waals surface area contributed by atoms with Crippen LogP contribution < -0.4 is 10.6 Å². The highest BCUT2D eigenvalue weighted by Crippen LogP contribution is 2.19. The van der Waals surface area contributed by atoms with E-state index in [4.69, 9.17) is 5.26 Å². The van der Waals surface area contributed by atoms with Crippen LogP contribution in [0.25, 0.3) is 0 Å². The van der Waals surface area contributed by atoms with Crippen LogP contribution in [0.2, 0.25) is 0 Å². The van der Waals surface area contributed by atoms with Crippen LogP contribution in [0.5, 0.6) is 0 Å². The third-order valence-corrected chi connectivity index (χ3v) is 4.36. The molecule has 1 saturated heterocycles. The lowest BCUT2D eigenvalue weighted by molar-refractivity contribution is -0.124. The molecule has 0 radical (unpaired) electrons. The maximum Gasteiger partial charge on any atom is 0.322 e. The lowest BCUT2D eigenvalue weighted by Crippen LogP contribution is -2.47. The minimum absolute atomic E-state index is 0.173. The van der Waals surface area contributed by atoms with Crippen molar-refractivity contribution in [2.75, 3.05) is 11.9 Å². The van der Waals surface area contributed by atoms with E-state index in [0.29, 0.717) is 30.8 Å². The Balaban J connectivity index is 1.59. The van der Waals surface area contributed by atoms with Gasteiger partial charge in [0.05, 0.1) is 11.6 Å². The summed E-state index contributed by atoms with van der Waals surface area (Å²) in [6.07, 6.45) is 1.44. The molecule has 2 N–H and O–H groups in total. The molecule has 3 amide bonds. The second kappa shape index (κ2) is 8.17. The van der Waals surface area contributed by atoms with Gasteiger partial charge in [0.2, 0.25) is 5.91 Å². The molecule has 132 valence electrons. The largest absolute Gasteiger partial charge is 0.350 e. The van der Waals surface area contributed by atoms with Gasteiger partial charge in [-0.3, -0.25) is 4.79 Å². The van der Waals surface area contributed by atoms with Crippen molar-refractivity contribution in [3.63, 3.8) is 0 Å². The van der Waals surface area contributed by atoms with Crippen molar-refractivity contribution >= 4 is 17.6 Å². The number of nitrogens with zero attached hydrogens (tertiary/aromatic N) is 2. The summed E-state index contributed by atoms with van der Waals surface area (Å²) in [7, 11) is 0. The molecule has 1 aliphatic heterocycles. The van der Waals surface area contributed by atoms with E-state index in [1.165, 1.54) is 0 Å². The van der Waals surface area contributed by atoms with Crippen LogP contribution in [-0.4, -0.2) is 29.4 Å². The molecule has 0 spiro atoms. The Morgan fingerprint density at radius 3 is 2.73 bits per heavy atom. The van der Waals surface area contributed by atoms with Gasteiger partial charge >= 0.3 is 6.03 Å². The van der Waals surface area contributed by atoms with E-state index in [2.05, 4.69) is 16.7 Å². The van der Waals surface area contributed by atoms with E-state index in [1.54, 1.807) is 23.1 Å². The Labute approximate surface area is 152 Å². The first-order valence-electron chi connectivity index (χ1n) is 8.57. The molecule has 3 rings (SSSR count). The van der Waals surface area contributed by atoms with E-state index < -0.39 is 6.04 Å². The summed E-state index contributed by atoms with van der Waals surface area (Å²) in [6.45, 7) is 0.889. The van der Waals surface area contributed by atoms with Gasteiger partial charge in [-0.2, -0.15) is 5.26 Å². The lowest BCUT2D eigenvalue weighted by Gasteiger charge is -2.24. The Hall–Kier alpha value is -3.33. The summed E-state index contributed by atoms with van der Waals surface area (Å²) < 4.78 is 0. The quantitative estimate of drug-likeness (QED) is 0.891. The zero-order valence-electron chi connectivity index (χ0n) is 14.3. The van der Waals surface area contributed by atoms with Crippen molar-refractivity contribution < 1.29 is 9.59 Å². The predicted octanol–water partition coefficient (Wildman–Crippen LogP) is 2.87. The van der Waals surface area contributed by atoms with Gasteiger partial charge in [-0.25, -0.2) is 4.79 Å². The number of benzene rings is 2. The van der Waals surface area contributed by atoms with E-state index >= 15 is 0 Å². The first kappa shape index (κ1) is 17.5. The maximum absolute atomic E-state index is 12.5. The number of amides is 3. The highest BCUT2D eigenvalue weighted by Gasteiger charge is 2.33. The molecular formula is C20H20N4O2. The van der Waals surface area contributed by atoms with E-state index in [-0.39, 0.29) is 11.9 Å². The van der Waals surface area contributed by atoms with Crippen molar-refractivity contribution in [1.82, 2.24) is 10.2 Å². The van der Waals surface area contributed by atoms with Crippen LogP contribution >= 0.6 is 0 Å². The molecule has 0 saturated carbocycles. The Kier molecular flexibility index (Phi) is 5.49. The average molecular weight is 348 g/mol. The third-order valence-electron chi connectivity index (χ3n) is 4.36. The summed E-state index contributed by atoms with van der Waals surface area (Å²) in [5, 5.41) is 14.6. The molecule has 1 heterocycles. The molecule has 1 atom stereocenters. The Morgan fingerprint density at radius 1 is 1.15 bits per heavy atom. The fourth-order valence-electron chi connectivity index (χ4n) is 3.06. The second-order valence-electron chi connectivity index (χ2n) is 6.18. The van der Waals surface area contributed by atoms with Crippen LogP contribution in [0.4, 0.5) is 10.5 Å². The number of rotatable bonds is 4. The number of likely N-dealkylation sites (tertiary alicyclic amines) is 1. The molecule has 2 aromatic rings. The first-order valence-corrected chi connectivity index (χ1v) is 8.57. The lowest BCUT2D eigenvalue weighted by atomic mass is 10.1. The number of nitrogens with one attached hydrogen (secondary N) is 2.